The maximum absolute atomic E-state index is 5.95. The van der Waals surface area contributed by atoms with E-state index in [1.54, 1.807) is 13.3 Å². The molecular formula is C10H8Br2N2O. The molecule has 1 aromatic heterocycles. The second-order valence-corrected chi connectivity index (χ2v) is 4.56. The molecule has 78 valence electrons. The van der Waals surface area contributed by atoms with Crippen molar-refractivity contribution in [1.82, 2.24) is 4.98 Å². The van der Waals surface area contributed by atoms with Crippen LogP contribution < -0.4 is 10.5 Å². The maximum Gasteiger partial charge on any atom is 0.150 e. The monoisotopic (exact) mass is 330 g/mol. The quantitative estimate of drug-likeness (QED) is 0.815. The van der Waals surface area contributed by atoms with E-state index in [1.807, 2.05) is 12.1 Å². The van der Waals surface area contributed by atoms with Crippen molar-refractivity contribution in [1.29, 1.82) is 0 Å². The minimum absolute atomic E-state index is 0.589. The summed E-state index contributed by atoms with van der Waals surface area (Å²) < 4.78 is 6.84. The third-order valence-corrected chi connectivity index (χ3v) is 3.71. The summed E-state index contributed by atoms with van der Waals surface area (Å²) >= 11 is 6.87. The van der Waals surface area contributed by atoms with Gasteiger partial charge in [0.15, 0.2) is 0 Å². The number of pyridine rings is 1. The van der Waals surface area contributed by atoms with Crippen molar-refractivity contribution in [3.05, 3.63) is 27.3 Å². The van der Waals surface area contributed by atoms with Gasteiger partial charge in [-0.05, 0) is 44.0 Å². The molecule has 0 atom stereocenters. The first-order chi connectivity index (χ1) is 7.16. The summed E-state index contributed by atoms with van der Waals surface area (Å²) in [5, 5.41) is 0.940. The number of nitrogens with two attached hydrogens (primary N) is 1. The van der Waals surface area contributed by atoms with Crippen LogP contribution in [-0.4, -0.2) is 12.1 Å². The molecule has 2 rings (SSSR count). The molecule has 5 heteroatoms. The van der Waals surface area contributed by atoms with Gasteiger partial charge in [-0.2, -0.15) is 0 Å². The van der Waals surface area contributed by atoms with Gasteiger partial charge in [-0.3, -0.25) is 4.98 Å². The third-order valence-electron chi connectivity index (χ3n) is 2.14. The lowest BCUT2D eigenvalue weighted by molar-refractivity contribution is 0.410. The van der Waals surface area contributed by atoms with Crippen LogP contribution in [0.5, 0.6) is 5.75 Å². The predicted octanol–water partition coefficient (Wildman–Crippen LogP) is 3.35. The molecule has 0 spiro atoms. The highest BCUT2D eigenvalue weighted by molar-refractivity contribution is 9.11. The van der Waals surface area contributed by atoms with Crippen LogP contribution >= 0.6 is 31.9 Å². The van der Waals surface area contributed by atoms with E-state index >= 15 is 0 Å². The zero-order valence-corrected chi connectivity index (χ0v) is 11.1. The Labute approximate surface area is 104 Å². The van der Waals surface area contributed by atoms with E-state index in [2.05, 4.69) is 36.8 Å². The number of halogens is 2. The van der Waals surface area contributed by atoms with Gasteiger partial charge in [-0.1, -0.05) is 0 Å². The van der Waals surface area contributed by atoms with Gasteiger partial charge >= 0.3 is 0 Å². The lowest BCUT2D eigenvalue weighted by Crippen LogP contribution is -1.96. The van der Waals surface area contributed by atoms with Crippen molar-refractivity contribution < 1.29 is 4.74 Å². The summed E-state index contributed by atoms with van der Waals surface area (Å²) in [4.78, 5) is 4.24. The first kappa shape index (κ1) is 10.7. The van der Waals surface area contributed by atoms with Gasteiger partial charge in [0.25, 0.3) is 0 Å². The van der Waals surface area contributed by atoms with Crippen LogP contribution in [0, 0.1) is 0 Å². The van der Waals surface area contributed by atoms with Crippen LogP contribution in [0.3, 0.4) is 0 Å². The second kappa shape index (κ2) is 3.98. The number of fused-ring (bicyclic) bond motifs is 1. The number of anilines is 1. The number of hydrogen-bond acceptors (Lipinski definition) is 3. The molecule has 2 N–H and O–H groups in total. The second-order valence-electron chi connectivity index (χ2n) is 2.97. The Morgan fingerprint density at radius 1 is 1.33 bits per heavy atom. The van der Waals surface area contributed by atoms with Crippen LogP contribution in [0.15, 0.2) is 27.3 Å². The highest BCUT2D eigenvalue weighted by Gasteiger charge is 2.15. The number of ether oxygens (including phenoxy) is 1. The Morgan fingerprint density at radius 3 is 2.73 bits per heavy atom. The minimum Gasteiger partial charge on any atom is -0.494 e. The average molecular weight is 332 g/mol. The predicted molar refractivity (Wildman–Crippen MR) is 68.1 cm³/mol. The van der Waals surface area contributed by atoms with Crippen LogP contribution in [0.1, 0.15) is 0 Å². The molecule has 3 nitrogen and oxygen atoms in total. The van der Waals surface area contributed by atoms with Gasteiger partial charge in [-0.15, -0.1) is 0 Å². The highest BCUT2D eigenvalue weighted by atomic mass is 79.9. The number of hydrogen-bond donors (Lipinski definition) is 1. The average Bonchev–Trinajstić information content (AvgIpc) is 2.27. The van der Waals surface area contributed by atoms with Crippen molar-refractivity contribution >= 4 is 48.5 Å². The van der Waals surface area contributed by atoms with Crippen LogP contribution in [0.2, 0.25) is 0 Å². The molecule has 2 aromatic rings. The van der Waals surface area contributed by atoms with E-state index in [4.69, 9.17) is 10.5 Å². The molecular weight excluding hydrogens is 324 g/mol. The Bertz CT molecular complexity index is 528. The Balaban J connectivity index is 2.96. The first-order valence-corrected chi connectivity index (χ1v) is 5.80. The third kappa shape index (κ3) is 1.59. The van der Waals surface area contributed by atoms with Crippen LogP contribution in [0.4, 0.5) is 5.69 Å². The zero-order chi connectivity index (χ0) is 11.0. The number of nitrogen functional groups attached to an aromatic ring is 1. The smallest absolute Gasteiger partial charge is 0.150 e. The molecule has 0 amide bonds. The lowest BCUT2D eigenvalue weighted by Gasteiger charge is -2.11. The Kier molecular flexibility index (Phi) is 2.84. The summed E-state index contributed by atoms with van der Waals surface area (Å²) in [6.07, 6.45) is 1.71. The van der Waals surface area contributed by atoms with Gasteiger partial charge in [0.05, 0.1) is 27.3 Å². The zero-order valence-electron chi connectivity index (χ0n) is 7.92. The van der Waals surface area contributed by atoms with Crippen LogP contribution in [0.25, 0.3) is 10.9 Å². The van der Waals surface area contributed by atoms with Gasteiger partial charge in [0.2, 0.25) is 0 Å². The fraction of sp³-hybridized carbons (Fsp3) is 0.100. The van der Waals surface area contributed by atoms with Gasteiger partial charge in [0, 0.05) is 11.6 Å². The normalized spacial score (nSPS) is 10.6. The summed E-state index contributed by atoms with van der Waals surface area (Å²) in [5.74, 6) is 0.688. The molecule has 0 bridgehead atoms. The largest absolute Gasteiger partial charge is 0.494 e. The highest BCUT2D eigenvalue weighted by Crippen LogP contribution is 2.43. The van der Waals surface area contributed by atoms with E-state index in [0.29, 0.717) is 11.4 Å². The molecule has 0 unspecified atom stereocenters. The molecule has 0 aliphatic rings. The van der Waals surface area contributed by atoms with Crippen molar-refractivity contribution in [2.45, 2.75) is 0 Å². The Hall–Kier alpha value is -0.810. The van der Waals surface area contributed by atoms with Crippen molar-refractivity contribution in [2.75, 3.05) is 12.8 Å². The topological polar surface area (TPSA) is 48.1 Å². The van der Waals surface area contributed by atoms with Gasteiger partial charge < -0.3 is 10.5 Å². The van der Waals surface area contributed by atoms with Gasteiger partial charge in [0.1, 0.15) is 5.75 Å². The summed E-state index contributed by atoms with van der Waals surface area (Å²) in [7, 11) is 1.60. The molecule has 0 saturated heterocycles. The summed E-state index contributed by atoms with van der Waals surface area (Å²) in [5.41, 5.74) is 7.30. The van der Waals surface area contributed by atoms with Crippen LogP contribution in [-0.2, 0) is 0 Å². The lowest BCUT2D eigenvalue weighted by atomic mass is 10.2. The van der Waals surface area contributed by atoms with E-state index in [-0.39, 0.29) is 0 Å². The molecule has 0 radical (unpaired) electrons. The summed E-state index contributed by atoms with van der Waals surface area (Å²) in [6, 6.07) is 3.80. The molecule has 1 heterocycles. The number of aromatic nitrogens is 1. The first-order valence-electron chi connectivity index (χ1n) is 4.22. The summed E-state index contributed by atoms with van der Waals surface area (Å²) in [6.45, 7) is 0. The van der Waals surface area contributed by atoms with E-state index in [1.165, 1.54) is 0 Å². The van der Waals surface area contributed by atoms with Crippen molar-refractivity contribution in [3.8, 4) is 5.75 Å². The van der Waals surface area contributed by atoms with Crippen molar-refractivity contribution in [2.24, 2.45) is 0 Å². The van der Waals surface area contributed by atoms with Crippen molar-refractivity contribution in [3.63, 3.8) is 0 Å². The molecule has 0 saturated carbocycles. The van der Waals surface area contributed by atoms with E-state index in [0.717, 1.165) is 19.8 Å². The fourth-order valence-corrected chi connectivity index (χ4v) is 2.92. The molecule has 15 heavy (non-hydrogen) atoms. The number of rotatable bonds is 1. The van der Waals surface area contributed by atoms with Gasteiger partial charge in [-0.25, -0.2) is 0 Å². The number of benzene rings is 1. The Morgan fingerprint density at radius 2 is 2.07 bits per heavy atom. The number of nitrogens with zero attached hydrogens (tertiary/aromatic N) is 1. The molecule has 0 fully saturated rings. The fourth-order valence-electron chi connectivity index (χ4n) is 1.42. The molecule has 0 aliphatic heterocycles. The standard InChI is InChI=1S/C10H8Br2N2O/c1-15-10-6(11)5-3-2-4-14-9(5)8(13)7(10)12/h2-4H,13H2,1H3. The maximum atomic E-state index is 5.95. The number of methoxy groups -OCH3 is 1. The van der Waals surface area contributed by atoms with E-state index < -0.39 is 0 Å². The minimum atomic E-state index is 0.589. The SMILES string of the molecule is COc1c(Br)c(N)c2ncccc2c1Br. The molecule has 0 aliphatic carbocycles. The van der Waals surface area contributed by atoms with E-state index in [9.17, 15) is 0 Å². The molecule has 1 aromatic carbocycles.